The van der Waals surface area contributed by atoms with Crippen molar-refractivity contribution in [3.63, 3.8) is 0 Å². The summed E-state index contributed by atoms with van der Waals surface area (Å²) in [6.07, 6.45) is -8.08. The van der Waals surface area contributed by atoms with Crippen LogP contribution in [0.3, 0.4) is 0 Å². The summed E-state index contributed by atoms with van der Waals surface area (Å²) >= 11 is 0. The summed E-state index contributed by atoms with van der Waals surface area (Å²) in [4.78, 5) is 13.4. The van der Waals surface area contributed by atoms with Gasteiger partial charge in [0.1, 0.15) is 35.4 Å². The number of aliphatic hydroxyl groups is 4. The molecule has 200 valence electrons. The van der Waals surface area contributed by atoms with E-state index in [0.29, 0.717) is 5.56 Å². The molecule has 0 bridgehead atoms. The van der Waals surface area contributed by atoms with Gasteiger partial charge in [0.05, 0.1) is 27.9 Å². The molecule has 1 fully saturated rings. The van der Waals surface area contributed by atoms with E-state index in [0.717, 1.165) is 0 Å². The van der Waals surface area contributed by atoms with Gasteiger partial charge in [0.2, 0.25) is 23.2 Å². The molecule has 0 aliphatic carbocycles. The Balaban J connectivity index is 1.86. The first kappa shape index (κ1) is 26.3. The Morgan fingerprint density at radius 1 is 0.892 bits per heavy atom. The summed E-state index contributed by atoms with van der Waals surface area (Å²) in [5.74, 6) is -1.64. The number of aromatic hydroxyl groups is 2. The molecule has 2 aromatic carbocycles. The van der Waals surface area contributed by atoms with E-state index in [9.17, 15) is 35.4 Å². The SMILES string of the molecule is COc1cc(-c2oc3cc(OC)c(O[C@@H]4OC(CO)[C@@H](O)[C@H](O)C4O)c(O)c3c(=O)c2OC)ccc1O. The van der Waals surface area contributed by atoms with Gasteiger partial charge in [-0.1, -0.05) is 0 Å². The molecule has 2 heterocycles. The first-order chi connectivity index (χ1) is 17.7. The third-order valence-corrected chi connectivity index (χ3v) is 5.98. The Kier molecular flexibility index (Phi) is 7.34. The number of hydrogen-bond acceptors (Lipinski definition) is 13. The lowest BCUT2D eigenvalue weighted by Gasteiger charge is -2.39. The number of phenols is 2. The molecule has 1 aromatic heterocycles. The monoisotopic (exact) mass is 522 g/mol. The summed E-state index contributed by atoms with van der Waals surface area (Å²) in [7, 11) is 3.83. The number of aliphatic hydroxyl groups excluding tert-OH is 4. The normalized spacial score (nSPS) is 23.6. The highest BCUT2D eigenvalue weighted by Gasteiger charge is 2.45. The van der Waals surface area contributed by atoms with Gasteiger partial charge >= 0.3 is 0 Å². The van der Waals surface area contributed by atoms with E-state index in [2.05, 4.69) is 0 Å². The number of ether oxygens (including phenoxy) is 5. The standard InChI is InChI=1S/C24H26O13/c1-32-11-6-9(4-5-10(11)26)21-23(34-3)18(29)15-12(35-21)7-13(33-2)22(17(15)28)37-24-20(31)19(30)16(27)14(8-25)36-24/h4-7,14,16,19-20,24-28,30-31H,8H2,1-3H3/t14?,16-,19+,20?,24+/m1/s1. The van der Waals surface area contributed by atoms with Crippen molar-refractivity contribution in [2.45, 2.75) is 30.7 Å². The molecule has 1 aliphatic rings. The second-order valence-electron chi connectivity index (χ2n) is 8.13. The number of fused-ring (bicyclic) bond motifs is 1. The van der Waals surface area contributed by atoms with Gasteiger partial charge in [-0.05, 0) is 18.2 Å². The van der Waals surface area contributed by atoms with E-state index < -0.39 is 54.2 Å². The molecule has 13 heteroatoms. The molecule has 1 aliphatic heterocycles. The molecule has 6 N–H and O–H groups in total. The second kappa shape index (κ2) is 10.3. The van der Waals surface area contributed by atoms with Crippen LogP contribution in [-0.2, 0) is 4.74 Å². The third-order valence-electron chi connectivity index (χ3n) is 5.98. The average molecular weight is 522 g/mol. The summed E-state index contributed by atoms with van der Waals surface area (Å²) in [6, 6.07) is 5.48. The topological polar surface area (TPSA) is 198 Å². The van der Waals surface area contributed by atoms with Crippen molar-refractivity contribution in [1.29, 1.82) is 0 Å². The predicted octanol–water partition coefficient (Wildman–Crippen LogP) is 0.0757. The summed E-state index contributed by atoms with van der Waals surface area (Å²) in [5.41, 5.74) is -0.585. The minimum Gasteiger partial charge on any atom is -0.504 e. The van der Waals surface area contributed by atoms with Crippen LogP contribution in [0.15, 0.2) is 33.5 Å². The molecule has 0 radical (unpaired) electrons. The molecule has 0 spiro atoms. The van der Waals surface area contributed by atoms with Crippen molar-refractivity contribution in [3.8, 4) is 45.8 Å². The first-order valence-corrected chi connectivity index (χ1v) is 11.0. The van der Waals surface area contributed by atoms with E-state index >= 15 is 0 Å². The van der Waals surface area contributed by atoms with Crippen molar-refractivity contribution < 1.29 is 58.7 Å². The maximum atomic E-state index is 13.4. The average Bonchev–Trinajstić information content (AvgIpc) is 2.89. The van der Waals surface area contributed by atoms with Gasteiger partial charge < -0.3 is 58.7 Å². The van der Waals surface area contributed by atoms with Gasteiger partial charge in [0, 0.05) is 11.6 Å². The van der Waals surface area contributed by atoms with Crippen LogP contribution >= 0.6 is 0 Å². The van der Waals surface area contributed by atoms with Crippen LogP contribution in [0.5, 0.6) is 34.5 Å². The van der Waals surface area contributed by atoms with Gasteiger partial charge in [0.25, 0.3) is 0 Å². The number of hydrogen-bond donors (Lipinski definition) is 6. The van der Waals surface area contributed by atoms with E-state index in [1.165, 1.54) is 45.6 Å². The molecule has 5 atom stereocenters. The van der Waals surface area contributed by atoms with E-state index in [1.54, 1.807) is 0 Å². The molecule has 0 saturated carbocycles. The van der Waals surface area contributed by atoms with Gasteiger partial charge in [-0.15, -0.1) is 0 Å². The van der Waals surface area contributed by atoms with Gasteiger partial charge in [-0.25, -0.2) is 0 Å². The Hall–Kier alpha value is -3.75. The minimum absolute atomic E-state index is 0.0256. The molecule has 2 unspecified atom stereocenters. The van der Waals surface area contributed by atoms with Gasteiger partial charge in [0.15, 0.2) is 28.8 Å². The Morgan fingerprint density at radius 3 is 2.22 bits per heavy atom. The lowest BCUT2D eigenvalue weighted by atomic mass is 9.99. The minimum atomic E-state index is -1.78. The fourth-order valence-corrected chi connectivity index (χ4v) is 4.02. The predicted molar refractivity (Wildman–Crippen MR) is 125 cm³/mol. The summed E-state index contributed by atoms with van der Waals surface area (Å²) in [6.45, 7) is -0.697. The molecule has 0 amide bonds. The molecular weight excluding hydrogens is 496 g/mol. The summed E-state index contributed by atoms with van der Waals surface area (Å²) < 4.78 is 32.5. The van der Waals surface area contributed by atoms with Gasteiger partial charge in [-0.2, -0.15) is 0 Å². The quantitative estimate of drug-likeness (QED) is 0.244. The Bertz CT molecular complexity index is 1350. The lowest BCUT2D eigenvalue weighted by Crippen LogP contribution is -2.60. The maximum absolute atomic E-state index is 13.4. The number of rotatable bonds is 7. The molecule has 3 aromatic rings. The van der Waals surface area contributed by atoms with Crippen molar-refractivity contribution in [2.75, 3.05) is 27.9 Å². The van der Waals surface area contributed by atoms with Crippen LogP contribution < -0.4 is 24.4 Å². The van der Waals surface area contributed by atoms with Crippen molar-refractivity contribution >= 4 is 11.0 Å². The van der Waals surface area contributed by atoms with Gasteiger partial charge in [-0.3, -0.25) is 4.79 Å². The van der Waals surface area contributed by atoms with Crippen molar-refractivity contribution in [2.24, 2.45) is 0 Å². The highest BCUT2D eigenvalue weighted by Crippen LogP contribution is 2.45. The van der Waals surface area contributed by atoms with Crippen LogP contribution in [0.25, 0.3) is 22.3 Å². The molecular formula is C24H26O13. The molecule has 37 heavy (non-hydrogen) atoms. The number of methoxy groups -OCH3 is 3. The van der Waals surface area contributed by atoms with Crippen LogP contribution in [0.1, 0.15) is 0 Å². The van der Waals surface area contributed by atoms with Crippen LogP contribution in [0.4, 0.5) is 0 Å². The fraction of sp³-hybridized carbons (Fsp3) is 0.375. The van der Waals surface area contributed by atoms with E-state index in [4.69, 9.17) is 28.1 Å². The molecule has 4 rings (SSSR count). The first-order valence-electron chi connectivity index (χ1n) is 11.0. The smallest absolute Gasteiger partial charge is 0.239 e. The molecule has 13 nitrogen and oxygen atoms in total. The van der Waals surface area contributed by atoms with E-state index in [1.807, 2.05) is 0 Å². The highest BCUT2D eigenvalue weighted by atomic mass is 16.7. The zero-order chi connectivity index (χ0) is 27.0. The van der Waals surface area contributed by atoms with Crippen LogP contribution in [-0.4, -0.2) is 89.3 Å². The van der Waals surface area contributed by atoms with Crippen LogP contribution in [0.2, 0.25) is 0 Å². The number of benzene rings is 2. The zero-order valence-electron chi connectivity index (χ0n) is 19.9. The third kappa shape index (κ3) is 4.47. The summed E-state index contributed by atoms with van der Waals surface area (Å²) in [5, 5.41) is 60.3. The van der Waals surface area contributed by atoms with Crippen molar-refractivity contribution in [1.82, 2.24) is 0 Å². The second-order valence-corrected chi connectivity index (χ2v) is 8.13. The fourth-order valence-electron chi connectivity index (χ4n) is 4.02. The molecule has 1 saturated heterocycles. The van der Waals surface area contributed by atoms with Crippen molar-refractivity contribution in [3.05, 3.63) is 34.5 Å². The Labute approximate surface area is 209 Å². The van der Waals surface area contributed by atoms with E-state index in [-0.39, 0.29) is 39.7 Å². The highest BCUT2D eigenvalue weighted by molar-refractivity contribution is 5.91. The zero-order valence-corrected chi connectivity index (χ0v) is 19.9. The maximum Gasteiger partial charge on any atom is 0.239 e. The Morgan fingerprint density at radius 2 is 1.59 bits per heavy atom. The number of phenolic OH excluding ortho intramolecular Hbond substituents is 2. The van der Waals surface area contributed by atoms with Crippen LogP contribution in [0, 0.1) is 0 Å². The largest absolute Gasteiger partial charge is 0.504 e. The lowest BCUT2D eigenvalue weighted by molar-refractivity contribution is -0.277.